The highest BCUT2D eigenvalue weighted by Gasteiger charge is 2.50. The van der Waals surface area contributed by atoms with Gasteiger partial charge in [0.1, 0.15) is 34.2 Å². The summed E-state index contributed by atoms with van der Waals surface area (Å²) in [5.74, 6) is 1.81. The second-order valence-corrected chi connectivity index (χ2v) is 22.3. The molecule has 0 bridgehead atoms. The van der Waals surface area contributed by atoms with Gasteiger partial charge in [0.15, 0.2) is 19.7 Å². The summed E-state index contributed by atoms with van der Waals surface area (Å²) in [4.78, 5) is 18.4. The Labute approximate surface area is 335 Å². The topological polar surface area (TPSA) is 125 Å². The largest absolute Gasteiger partial charge is 0.460 e. The third-order valence-electron chi connectivity index (χ3n) is 10.3. The Bertz CT molecular complexity index is 2510. The van der Waals surface area contributed by atoms with Crippen molar-refractivity contribution >= 4 is 48.1 Å². The molecular formula is C41H44ClF4N3O6S2. The molecule has 2 heterocycles. The van der Waals surface area contributed by atoms with Crippen LogP contribution < -0.4 is 0 Å². The number of rotatable bonds is 13. The number of aromatic nitrogens is 3. The van der Waals surface area contributed by atoms with Crippen molar-refractivity contribution in [1.82, 2.24) is 14.8 Å². The molecule has 16 heteroatoms. The van der Waals surface area contributed by atoms with Crippen LogP contribution in [-0.4, -0.2) is 64.3 Å². The second-order valence-electron chi connectivity index (χ2n) is 16.7. The Kier molecular flexibility index (Phi) is 11.4. The summed E-state index contributed by atoms with van der Waals surface area (Å²) in [7, 11) is -7.39. The Morgan fingerprint density at radius 3 is 2.21 bits per heavy atom. The average Bonchev–Trinajstić information content (AvgIpc) is 4.02. The van der Waals surface area contributed by atoms with E-state index in [0.717, 1.165) is 16.8 Å². The number of hydrogen-bond acceptors (Lipinski definition) is 8. The molecule has 0 amide bonds. The molecule has 9 nitrogen and oxygen atoms in total. The maximum atomic E-state index is 14.6. The zero-order valence-electron chi connectivity index (χ0n) is 32.4. The number of halogens is 5. The minimum atomic E-state index is -3.77. The first kappa shape index (κ1) is 42.6. The molecule has 0 spiro atoms. The van der Waals surface area contributed by atoms with Crippen molar-refractivity contribution in [2.45, 2.75) is 125 Å². The van der Waals surface area contributed by atoms with Gasteiger partial charge < -0.3 is 4.74 Å². The molecule has 0 saturated heterocycles. The van der Waals surface area contributed by atoms with Crippen LogP contribution in [0.4, 0.5) is 17.6 Å². The number of hydrogen-bond donors (Lipinski definition) is 0. The molecule has 6 rings (SSSR count). The molecule has 2 aromatic heterocycles. The van der Waals surface area contributed by atoms with Gasteiger partial charge in [0, 0.05) is 28.5 Å². The van der Waals surface area contributed by atoms with Crippen LogP contribution in [-0.2, 0) is 47.9 Å². The van der Waals surface area contributed by atoms with Crippen molar-refractivity contribution < 1.29 is 43.9 Å². The monoisotopic (exact) mass is 849 g/mol. The first-order valence-corrected chi connectivity index (χ1v) is 22.1. The molecule has 1 atom stereocenters. The summed E-state index contributed by atoms with van der Waals surface area (Å²) in [5.41, 5.74) is 0.109. The van der Waals surface area contributed by atoms with E-state index in [1.165, 1.54) is 26.0 Å². The van der Waals surface area contributed by atoms with Gasteiger partial charge in [0.25, 0.3) is 6.43 Å². The van der Waals surface area contributed by atoms with Crippen molar-refractivity contribution in [1.29, 1.82) is 0 Å². The summed E-state index contributed by atoms with van der Waals surface area (Å²) in [6.45, 7) is 8.74. The predicted molar refractivity (Wildman–Crippen MR) is 210 cm³/mol. The fraction of sp³-hybridized carbons (Fsp3) is 0.488. The van der Waals surface area contributed by atoms with E-state index in [2.05, 4.69) is 16.9 Å². The van der Waals surface area contributed by atoms with Gasteiger partial charge >= 0.3 is 5.97 Å². The first-order chi connectivity index (χ1) is 26.4. The summed E-state index contributed by atoms with van der Waals surface area (Å²) in [6.07, 6.45) is -1.42. The zero-order valence-corrected chi connectivity index (χ0v) is 34.8. The number of esters is 1. The van der Waals surface area contributed by atoms with E-state index in [0.29, 0.717) is 31.7 Å². The fourth-order valence-corrected chi connectivity index (χ4v) is 10.5. The highest BCUT2D eigenvalue weighted by molar-refractivity contribution is 7.94. The quantitative estimate of drug-likeness (QED) is 0.0745. The molecule has 57 heavy (non-hydrogen) atoms. The molecule has 2 saturated carbocycles. The van der Waals surface area contributed by atoms with E-state index in [1.54, 1.807) is 39.8 Å². The van der Waals surface area contributed by atoms with Crippen LogP contribution in [0.5, 0.6) is 0 Å². The van der Waals surface area contributed by atoms with Gasteiger partial charge in [0.05, 0.1) is 44.1 Å². The minimum absolute atomic E-state index is 0.0118. The SMILES string of the molecule is CC(C)(C)OC(=O)C[C@@H](Cc1cc(F)cc(F)c1)c1nc(C#CC(C)(C)S(=O)(=O)C2CC2)ccc1-c1ccc(Cl)c2c(CS(=O)(=O)C3(C)CC3)nn(CC(F)F)c12. The van der Waals surface area contributed by atoms with E-state index < -0.39 is 82.3 Å². The van der Waals surface area contributed by atoms with Gasteiger partial charge in [-0.1, -0.05) is 23.6 Å². The van der Waals surface area contributed by atoms with Crippen LogP contribution in [0, 0.1) is 23.5 Å². The fourth-order valence-electron chi connectivity index (χ4n) is 6.80. The lowest BCUT2D eigenvalue weighted by Crippen LogP contribution is -2.33. The molecule has 0 radical (unpaired) electrons. The lowest BCUT2D eigenvalue weighted by Gasteiger charge is -2.24. The highest BCUT2D eigenvalue weighted by Crippen LogP contribution is 2.46. The van der Waals surface area contributed by atoms with Gasteiger partial charge in [0.2, 0.25) is 0 Å². The van der Waals surface area contributed by atoms with Crippen molar-refractivity contribution in [3.63, 3.8) is 0 Å². The summed E-state index contributed by atoms with van der Waals surface area (Å²) < 4.78 is 115. The third kappa shape index (κ3) is 9.34. The molecule has 2 aliphatic carbocycles. The molecule has 0 N–H and O–H groups in total. The number of fused-ring (bicyclic) bond motifs is 1. The number of benzene rings is 2. The molecule has 0 aliphatic heterocycles. The van der Waals surface area contributed by atoms with Gasteiger partial charge in [-0.25, -0.2) is 39.4 Å². The van der Waals surface area contributed by atoms with Gasteiger partial charge in [-0.05, 0) is 115 Å². The second kappa shape index (κ2) is 15.3. The Morgan fingerprint density at radius 1 is 1.00 bits per heavy atom. The molecule has 306 valence electrons. The molecule has 4 aromatic rings. The van der Waals surface area contributed by atoms with Gasteiger partial charge in [-0.2, -0.15) is 5.10 Å². The molecule has 2 fully saturated rings. The van der Waals surface area contributed by atoms with E-state index in [9.17, 15) is 39.2 Å². The average molecular weight is 850 g/mol. The predicted octanol–water partition coefficient (Wildman–Crippen LogP) is 8.53. The summed E-state index contributed by atoms with van der Waals surface area (Å²) >= 11 is 6.72. The molecular weight excluding hydrogens is 806 g/mol. The lowest BCUT2D eigenvalue weighted by atomic mass is 9.87. The van der Waals surface area contributed by atoms with Crippen LogP contribution in [0.15, 0.2) is 42.5 Å². The number of pyridine rings is 1. The van der Waals surface area contributed by atoms with Gasteiger partial charge in [-0.15, -0.1) is 0 Å². The molecule has 2 aliphatic rings. The summed E-state index contributed by atoms with van der Waals surface area (Å²) in [6, 6.07) is 9.04. The summed E-state index contributed by atoms with van der Waals surface area (Å²) in [5, 5.41) is 4.10. The van der Waals surface area contributed by atoms with Crippen LogP contribution in [0.2, 0.25) is 5.02 Å². The Balaban J connectivity index is 1.60. The number of carbonyl (C=O) groups is 1. The molecule has 0 unspecified atom stereocenters. The minimum Gasteiger partial charge on any atom is -0.460 e. The highest BCUT2D eigenvalue weighted by atomic mass is 35.5. The standard InChI is InChI=1S/C41H44ClF4N3O6S2/c1-39(2,3)55-35(50)20-25(17-24-18-26(43)21-27(44)19-24)37-30(10-7-28(47-37)13-14-40(4,5)57(53,54)29-8-9-29)31-11-12-32(42)36-33(23-56(51,52)41(6)15-16-41)48-49(38(31)36)22-34(45)46/h7,10-12,18-19,21,25,29,34H,8-9,15-17,20,22-23H2,1-6H3/t25-/m1/s1. The van der Waals surface area contributed by atoms with E-state index in [4.69, 9.17) is 21.3 Å². The van der Waals surface area contributed by atoms with Crippen LogP contribution in [0.3, 0.4) is 0 Å². The first-order valence-electron chi connectivity index (χ1n) is 18.5. The lowest BCUT2D eigenvalue weighted by molar-refractivity contribution is -0.155. The number of alkyl halides is 2. The van der Waals surface area contributed by atoms with E-state index in [1.807, 2.05) is 0 Å². The van der Waals surface area contributed by atoms with E-state index >= 15 is 0 Å². The van der Waals surface area contributed by atoms with Crippen LogP contribution >= 0.6 is 11.6 Å². The smallest absolute Gasteiger partial charge is 0.306 e. The van der Waals surface area contributed by atoms with Crippen LogP contribution in [0.1, 0.15) is 102 Å². The van der Waals surface area contributed by atoms with E-state index in [-0.39, 0.29) is 62.5 Å². The third-order valence-corrected chi connectivity index (χ3v) is 16.0. The number of nitrogens with zero attached hydrogens (tertiary/aromatic N) is 3. The van der Waals surface area contributed by atoms with Crippen molar-refractivity contribution in [3.8, 4) is 23.0 Å². The number of carbonyl (C=O) groups excluding carboxylic acids is 1. The Hall–Kier alpha value is -4.00. The normalized spacial score (nSPS) is 16.4. The van der Waals surface area contributed by atoms with Crippen molar-refractivity contribution in [2.24, 2.45) is 0 Å². The van der Waals surface area contributed by atoms with Crippen molar-refractivity contribution in [3.05, 3.63) is 81.8 Å². The van der Waals surface area contributed by atoms with Crippen molar-refractivity contribution in [2.75, 3.05) is 0 Å². The van der Waals surface area contributed by atoms with Crippen LogP contribution in [0.25, 0.3) is 22.0 Å². The maximum Gasteiger partial charge on any atom is 0.306 e. The number of sulfone groups is 2. The maximum absolute atomic E-state index is 14.6. The molecule has 2 aromatic carbocycles. The van der Waals surface area contributed by atoms with Gasteiger partial charge in [-0.3, -0.25) is 9.48 Å². The zero-order chi connectivity index (χ0) is 41.9. The number of ether oxygens (including phenoxy) is 1. The Morgan fingerprint density at radius 2 is 1.63 bits per heavy atom.